The average Bonchev–Trinajstić information content (AvgIpc) is 2.48. The summed E-state index contributed by atoms with van der Waals surface area (Å²) in [7, 11) is 0. The van der Waals surface area contributed by atoms with Crippen molar-refractivity contribution in [2.75, 3.05) is 6.54 Å². The number of aliphatic hydroxyl groups excluding tert-OH is 1. The van der Waals surface area contributed by atoms with E-state index in [0.29, 0.717) is 29.7 Å². The van der Waals surface area contributed by atoms with Gasteiger partial charge in [0.25, 0.3) is 0 Å². The smallest absolute Gasteiger partial charge is 0.124 e. The second-order valence-electron chi connectivity index (χ2n) is 5.08. The summed E-state index contributed by atoms with van der Waals surface area (Å²) in [6, 6.07) is 13.2. The van der Waals surface area contributed by atoms with Crippen LogP contribution in [0.3, 0.4) is 0 Å². The van der Waals surface area contributed by atoms with Crippen LogP contribution in [-0.2, 0) is 13.2 Å². The van der Waals surface area contributed by atoms with E-state index in [0.717, 1.165) is 16.9 Å². The molecule has 0 amide bonds. The molecule has 0 aliphatic heterocycles. The van der Waals surface area contributed by atoms with Crippen LogP contribution in [0.2, 0.25) is 10.0 Å². The summed E-state index contributed by atoms with van der Waals surface area (Å²) < 4.78 is 5.87. The molecule has 0 aliphatic carbocycles. The van der Waals surface area contributed by atoms with Crippen LogP contribution < -0.4 is 10.1 Å². The molecule has 0 bridgehead atoms. The van der Waals surface area contributed by atoms with Crippen molar-refractivity contribution < 1.29 is 9.84 Å². The molecule has 0 aromatic heterocycles. The lowest BCUT2D eigenvalue weighted by molar-refractivity contribution is 0.190. The van der Waals surface area contributed by atoms with Crippen molar-refractivity contribution in [2.24, 2.45) is 0 Å². The number of benzene rings is 2. The predicted octanol–water partition coefficient (Wildman–Crippen LogP) is 4.04. The molecule has 0 saturated heterocycles. The summed E-state index contributed by atoms with van der Waals surface area (Å²) in [6.45, 7) is 3.21. The Kier molecular flexibility index (Phi) is 6.52. The molecule has 0 saturated carbocycles. The zero-order valence-electron chi connectivity index (χ0n) is 12.4. The largest absolute Gasteiger partial charge is 0.488 e. The van der Waals surface area contributed by atoms with E-state index in [1.54, 1.807) is 19.1 Å². The number of rotatable bonds is 7. The molecule has 0 unspecified atom stereocenters. The second kappa shape index (κ2) is 8.39. The van der Waals surface area contributed by atoms with E-state index in [2.05, 4.69) is 5.32 Å². The Bertz CT molecular complexity index is 597. The Labute approximate surface area is 140 Å². The standard InChI is InChI=1S/C17H19Cl2NO2/c1-12(21)9-20-10-13-5-2-3-8-17(13)22-11-14-15(18)6-4-7-16(14)19/h2-8,12,20-21H,9-11H2,1H3/t12-/m0/s1. The summed E-state index contributed by atoms with van der Waals surface area (Å²) in [6.07, 6.45) is -0.380. The first-order valence-electron chi connectivity index (χ1n) is 7.10. The maximum Gasteiger partial charge on any atom is 0.124 e. The van der Waals surface area contributed by atoms with E-state index < -0.39 is 0 Å². The Morgan fingerprint density at radius 3 is 2.45 bits per heavy atom. The van der Waals surface area contributed by atoms with Crippen molar-refractivity contribution in [1.29, 1.82) is 0 Å². The van der Waals surface area contributed by atoms with Gasteiger partial charge in [-0.05, 0) is 25.1 Å². The molecule has 2 aromatic rings. The van der Waals surface area contributed by atoms with Crippen LogP contribution in [0.25, 0.3) is 0 Å². The van der Waals surface area contributed by atoms with E-state index in [1.807, 2.05) is 30.3 Å². The minimum Gasteiger partial charge on any atom is -0.488 e. The minimum atomic E-state index is -0.380. The monoisotopic (exact) mass is 339 g/mol. The van der Waals surface area contributed by atoms with Crippen molar-refractivity contribution in [2.45, 2.75) is 26.2 Å². The number of nitrogens with one attached hydrogen (secondary N) is 1. The topological polar surface area (TPSA) is 41.5 Å². The fourth-order valence-corrected chi connectivity index (χ4v) is 2.53. The van der Waals surface area contributed by atoms with Crippen LogP contribution in [0.15, 0.2) is 42.5 Å². The molecule has 22 heavy (non-hydrogen) atoms. The van der Waals surface area contributed by atoms with Crippen LogP contribution in [0, 0.1) is 0 Å². The highest BCUT2D eigenvalue weighted by Crippen LogP contribution is 2.27. The quantitative estimate of drug-likeness (QED) is 0.799. The number of aliphatic hydroxyl groups is 1. The van der Waals surface area contributed by atoms with Gasteiger partial charge in [0.2, 0.25) is 0 Å². The molecule has 2 aromatic carbocycles. The third-order valence-electron chi connectivity index (χ3n) is 3.16. The van der Waals surface area contributed by atoms with Crippen LogP contribution in [0.5, 0.6) is 5.75 Å². The molecule has 0 aliphatic rings. The first kappa shape index (κ1) is 17.1. The molecule has 1 atom stereocenters. The Balaban J connectivity index is 2.03. The van der Waals surface area contributed by atoms with E-state index in [4.69, 9.17) is 27.9 Å². The summed E-state index contributed by atoms with van der Waals surface area (Å²) in [5.41, 5.74) is 1.80. The molecule has 0 fully saturated rings. The zero-order valence-corrected chi connectivity index (χ0v) is 13.9. The number of halogens is 2. The van der Waals surface area contributed by atoms with Gasteiger partial charge in [-0.15, -0.1) is 0 Å². The molecule has 0 radical (unpaired) electrons. The summed E-state index contributed by atoms with van der Waals surface area (Å²) >= 11 is 12.3. The first-order valence-corrected chi connectivity index (χ1v) is 7.86. The van der Waals surface area contributed by atoms with Gasteiger partial charge >= 0.3 is 0 Å². The molecule has 118 valence electrons. The summed E-state index contributed by atoms with van der Waals surface area (Å²) in [4.78, 5) is 0. The van der Waals surface area contributed by atoms with Gasteiger partial charge in [0.15, 0.2) is 0 Å². The molecule has 2 rings (SSSR count). The van der Waals surface area contributed by atoms with Crippen LogP contribution in [0.4, 0.5) is 0 Å². The van der Waals surface area contributed by atoms with Crippen LogP contribution in [-0.4, -0.2) is 17.8 Å². The second-order valence-corrected chi connectivity index (χ2v) is 5.89. The van der Waals surface area contributed by atoms with Gasteiger partial charge < -0.3 is 15.2 Å². The lowest BCUT2D eigenvalue weighted by atomic mass is 10.2. The van der Waals surface area contributed by atoms with Crippen molar-refractivity contribution in [3.63, 3.8) is 0 Å². The van der Waals surface area contributed by atoms with Gasteiger partial charge in [-0.25, -0.2) is 0 Å². The Hall–Kier alpha value is -1.26. The van der Waals surface area contributed by atoms with Gasteiger partial charge in [-0.3, -0.25) is 0 Å². The van der Waals surface area contributed by atoms with Gasteiger partial charge in [-0.1, -0.05) is 47.5 Å². The Morgan fingerprint density at radius 1 is 1.09 bits per heavy atom. The normalized spacial score (nSPS) is 12.2. The molecule has 0 heterocycles. The lowest BCUT2D eigenvalue weighted by Gasteiger charge is -2.14. The molecule has 2 N–H and O–H groups in total. The molecule has 0 spiro atoms. The van der Waals surface area contributed by atoms with E-state index in [1.165, 1.54) is 0 Å². The fraction of sp³-hybridized carbons (Fsp3) is 0.294. The van der Waals surface area contributed by atoms with Crippen molar-refractivity contribution in [1.82, 2.24) is 5.32 Å². The van der Waals surface area contributed by atoms with Crippen molar-refractivity contribution >= 4 is 23.2 Å². The molecule has 5 heteroatoms. The van der Waals surface area contributed by atoms with E-state index in [9.17, 15) is 5.11 Å². The lowest BCUT2D eigenvalue weighted by Crippen LogP contribution is -2.24. The number of ether oxygens (including phenoxy) is 1. The molecule has 3 nitrogen and oxygen atoms in total. The van der Waals surface area contributed by atoms with Gasteiger partial charge in [0, 0.05) is 34.3 Å². The van der Waals surface area contributed by atoms with Gasteiger partial charge in [0.05, 0.1) is 6.10 Å². The van der Waals surface area contributed by atoms with Crippen molar-refractivity contribution in [3.05, 3.63) is 63.6 Å². The van der Waals surface area contributed by atoms with E-state index in [-0.39, 0.29) is 6.10 Å². The average molecular weight is 340 g/mol. The highest BCUT2D eigenvalue weighted by molar-refractivity contribution is 6.35. The highest BCUT2D eigenvalue weighted by atomic mass is 35.5. The molecular formula is C17H19Cl2NO2. The number of hydrogen-bond donors (Lipinski definition) is 2. The summed E-state index contributed by atoms with van der Waals surface area (Å²) in [5, 5.41) is 13.7. The minimum absolute atomic E-state index is 0.311. The third kappa shape index (κ3) is 4.89. The fourth-order valence-electron chi connectivity index (χ4n) is 2.03. The maximum atomic E-state index is 9.29. The first-order chi connectivity index (χ1) is 10.6. The zero-order chi connectivity index (χ0) is 15.9. The van der Waals surface area contributed by atoms with Crippen molar-refractivity contribution in [3.8, 4) is 5.75 Å². The highest BCUT2D eigenvalue weighted by Gasteiger charge is 2.08. The SMILES string of the molecule is C[C@H](O)CNCc1ccccc1OCc1c(Cl)cccc1Cl. The van der Waals surface area contributed by atoms with E-state index >= 15 is 0 Å². The van der Waals surface area contributed by atoms with Crippen LogP contribution >= 0.6 is 23.2 Å². The molecular weight excluding hydrogens is 321 g/mol. The number of para-hydroxylation sites is 1. The van der Waals surface area contributed by atoms with Crippen LogP contribution in [0.1, 0.15) is 18.1 Å². The predicted molar refractivity (Wildman–Crippen MR) is 90.6 cm³/mol. The maximum absolute atomic E-state index is 9.29. The van der Waals surface area contributed by atoms with Gasteiger partial charge in [0.1, 0.15) is 12.4 Å². The Morgan fingerprint density at radius 2 is 1.77 bits per heavy atom. The third-order valence-corrected chi connectivity index (χ3v) is 3.87. The number of hydrogen-bond acceptors (Lipinski definition) is 3. The summed E-state index contributed by atoms with van der Waals surface area (Å²) in [5.74, 6) is 0.775. The van der Waals surface area contributed by atoms with Gasteiger partial charge in [-0.2, -0.15) is 0 Å².